The highest BCUT2D eigenvalue weighted by atomic mass is 16.6. The maximum Gasteiger partial charge on any atom is 0.159 e. The molecule has 0 spiro atoms. The zero-order valence-corrected chi connectivity index (χ0v) is 41.0. The van der Waals surface area contributed by atoms with Crippen molar-refractivity contribution in [2.45, 2.75) is 110 Å². The number of oxime groups is 4. The topological polar surface area (TPSA) is 189 Å². The van der Waals surface area contributed by atoms with Gasteiger partial charge in [-0.15, -0.1) is 0 Å². The maximum atomic E-state index is 6.39. The summed E-state index contributed by atoms with van der Waals surface area (Å²) < 4.78 is 0. The van der Waals surface area contributed by atoms with Gasteiger partial charge in [0.2, 0.25) is 0 Å². The first kappa shape index (κ1) is 45.8. The summed E-state index contributed by atoms with van der Waals surface area (Å²) in [4.78, 5) is 63.4. The molecule has 12 rings (SSSR count). The summed E-state index contributed by atoms with van der Waals surface area (Å²) in [5.74, 6) is 3.11. The summed E-state index contributed by atoms with van der Waals surface area (Å²) in [5, 5.41) is 19.1. The molecule has 366 valence electrons. The second-order valence-electron chi connectivity index (χ2n) is 20.5. The van der Waals surface area contributed by atoms with Crippen molar-refractivity contribution in [3.05, 3.63) is 142 Å². The summed E-state index contributed by atoms with van der Waals surface area (Å²) in [6, 6.07) is 20.2. The third-order valence-electron chi connectivity index (χ3n) is 15.3. The second-order valence-corrected chi connectivity index (χ2v) is 20.5. The van der Waals surface area contributed by atoms with E-state index in [9.17, 15) is 0 Å². The highest BCUT2D eigenvalue weighted by Crippen LogP contribution is 2.62. The maximum absolute atomic E-state index is 6.39. The van der Waals surface area contributed by atoms with Crippen molar-refractivity contribution >= 4 is 22.8 Å². The number of hydrogen-bond acceptors (Lipinski definition) is 16. The van der Waals surface area contributed by atoms with Crippen LogP contribution in [0.4, 0.5) is 0 Å². The number of aryl methyl sites for hydroxylation is 5. The largest absolute Gasteiger partial charge is 0.395 e. The molecule has 72 heavy (non-hydrogen) atoms. The fourth-order valence-corrected chi connectivity index (χ4v) is 10.9. The summed E-state index contributed by atoms with van der Waals surface area (Å²) >= 11 is 0. The molecule has 16 heteroatoms. The van der Waals surface area contributed by atoms with Crippen molar-refractivity contribution in [3.8, 4) is 22.8 Å². The third kappa shape index (κ3) is 9.58. The summed E-state index contributed by atoms with van der Waals surface area (Å²) in [5.41, 5.74) is 12.7. The van der Waals surface area contributed by atoms with Crippen molar-refractivity contribution in [1.82, 2.24) is 39.9 Å². The first-order chi connectivity index (χ1) is 35.4. The van der Waals surface area contributed by atoms with Gasteiger partial charge >= 0.3 is 0 Å². The SMILES string of the molecule is Cc1ncc2c(n1)C(=NOCC1(CON=C3CCCc4cnc(C)nc43)CC1C1CCC(=NOCC3(CON=C4CCCc5cnc(-c6ccccc6)nc54)CC3)c3nc(-c4ccccc4)ncc31)CCC2. The summed E-state index contributed by atoms with van der Waals surface area (Å²) in [6.45, 7) is 5.42. The number of fused-ring (bicyclic) bond motifs is 4. The van der Waals surface area contributed by atoms with Crippen LogP contribution in [0.5, 0.6) is 0 Å². The van der Waals surface area contributed by atoms with Gasteiger partial charge in [0.15, 0.2) is 11.6 Å². The molecular weight excluding hydrogens is 905 g/mol. The van der Waals surface area contributed by atoms with Crippen LogP contribution in [-0.2, 0) is 38.6 Å². The minimum Gasteiger partial charge on any atom is -0.395 e. The third-order valence-corrected chi connectivity index (χ3v) is 15.3. The Bertz CT molecular complexity index is 3040. The van der Waals surface area contributed by atoms with Crippen molar-refractivity contribution in [1.29, 1.82) is 0 Å². The molecule has 4 heterocycles. The van der Waals surface area contributed by atoms with Gasteiger partial charge in [0, 0.05) is 52.3 Å². The lowest BCUT2D eigenvalue weighted by molar-refractivity contribution is 0.0216. The van der Waals surface area contributed by atoms with Gasteiger partial charge in [0.05, 0.1) is 22.8 Å². The molecule has 2 unspecified atom stereocenters. The molecule has 4 aromatic heterocycles. The van der Waals surface area contributed by atoms with E-state index in [1.54, 1.807) is 0 Å². The molecule has 0 N–H and O–H groups in total. The predicted octanol–water partition coefficient (Wildman–Crippen LogP) is 9.45. The van der Waals surface area contributed by atoms with E-state index in [4.69, 9.17) is 59.7 Å². The number of hydrogen-bond donors (Lipinski definition) is 0. The first-order valence-electron chi connectivity index (χ1n) is 25.6. The van der Waals surface area contributed by atoms with Crippen LogP contribution in [0.25, 0.3) is 22.8 Å². The van der Waals surface area contributed by atoms with Crippen LogP contribution in [0.3, 0.4) is 0 Å². The van der Waals surface area contributed by atoms with E-state index >= 15 is 0 Å². The van der Waals surface area contributed by atoms with Gasteiger partial charge in [-0.05, 0) is 132 Å². The van der Waals surface area contributed by atoms with Crippen molar-refractivity contribution in [3.63, 3.8) is 0 Å². The standard InChI is InChI=1S/C56H58N12O4/c1-35-57-27-39-16-9-19-45(49(39)61-35)66-71-33-56(34-72-67-46-20-10-17-40-28-58-36(2)62-50(40)46)26-44(56)42-22-23-48(52-43(42)30-60-54(64-52)38-14-7-4-8-15-38)68-70-32-55(24-25-55)31-69-65-47-21-11-18-41-29-59-53(63-51(41)47)37-12-5-3-6-13-37/h3-8,12-15,27-30,42,44H,9-11,16-26,31-34H2,1-2H3. The minimum atomic E-state index is -0.365. The molecule has 0 radical (unpaired) electrons. The van der Waals surface area contributed by atoms with E-state index in [2.05, 4.69) is 20.1 Å². The van der Waals surface area contributed by atoms with Crippen LogP contribution in [0.1, 0.15) is 133 Å². The van der Waals surface area contributed by atoms with E-state index in [0.29, 0.717) is 44.5 Å². The smallest absolute Gasteiger partial charge is 0.159 e. The Balaban J connectivity index is 0.779. The summed E-state index contributed by atoms with van der Waals surface area (Å²) in [7, 11) is 0. The zero-order valence-electron chi connectivity index (χ0n) is 41.0. The van der Waals surface area contributed by atoms with Crippen LogP contribution < -0.4 is 0 Å². The quantitative estimate of drug-likeness (QED) is 0.0888. The average Bonchev–Trinajstić information content (AvgIpc) is 4.35. The molecule has 6 aliphatic carbocycles. The molecule has 0 aliphatic heterocycles. The lowest BCUT2D eigenvalue weighted by Crippen LogP contribution is -2.26. The van der Waals surface area contributed by atoms with Crippen molar-refractivity contribution in [2.75, 3.05) is 26.4 Å². The molecule has 6 aromatic rings. The lowest BCUT2D eigenvalue weighted by atomic mass is 9.80. The van der Waals surface area contributed by atoms with Gasteiger partial charge in [-0.3, -0.25) is 0 Å². The fourth-order valence-electron chi connectivity index (χ4n) is 10.9. The molecular formula is C56H58N12O4. The highest BCUT2D eigenvalue weighted by Gasteiger charge is 2.60. The monoisotopic (exact) mass is 962 g/mol. The minimum absolute atomic E-state index is 0.120. The Hall–Kier alpha value is -7.36. The molecule has 2 fully saturated rings. The van der Waals surface area contributed by atoms with Gasteiger partial charge in [-0.2, -0.15) is 0 Å². The van der Waals surface area contributed by atoms with E-state index in [1.165, 1.54) is 0 Å². The number of aromatic nitrogens is 8. The van der Waals surface area contributed by atoms with Gasteiger partial charge in [-0.25, -0.2) is 39.9 Å². The van der Waals surface area contributed by atoms with Gasteiger partial charge in [0.1, 0.15) is 60.9 Å². The Morgan fingerprint density at radius 2 is 0.931 bits per heavy atom. The van der Waals surface area contributed by atoms with Crippen LogP contribution in [0.15, 0.2) is 106 Å². The van der Waals surface area contributed by atoms with Gasteiger partial charge in [0.25, 0.3) is 0 Å². The molecule has 0 bridgehead atoms. The molecule has 2 aromatic carbocycles. The molecule has 6 aliphatic rings. The number of rotatable bonds is 15. The molecule has 2 atom stereocenters. The molecule has 0 saturated heterocycles. The first-order valence-corrected chi connectivity index (χ1v) is 25.6. The number of benzene rings is 2. The Morgan fingerprint density at radius 3 is 1.44 bits per heavy atom. The predicted molar refractivity (Wildman–Crippen MR) is 271 cm³/mol. The fraction of sp³-hybridized carbons (Fsp3) is 0.429. The molecule has 2 saturated carbocycles. The van der Waals surface area contributed by atoms with Gasteiger partial charge < -0.3 is 19.4 Å². The lowest BCUT2D eigenvalue weighted by Gasteiger charge is -2.28. The van der Waals surface area contributed by atoms with Crippen LogP contribution in [0.2, 0.25) is 0 Å². The number of nitrogens with zero attached hydrogens (tertiary/aromatic N) is 12. The van der Waals surface area contributed by atoms with Gasteiger partial charge in [-0.1, -0.05) is 81.3 Å². The van der Waals surface area contributed by atoms with Crippen LogP contribution >= 0.6 is 0 Å². The van der Waals surface area contributed by atoms with E-state index in [1.807, 2.05) is 99.3 Å². The normalized spacial score (nSPS) is 23.7. The highest BCUT2D eigenvalue weighted by molar-refractivity contribution is 6.02. The van der Waals surface area contributed by atoms with E-state index in [0.717, 1.165) is 174 Å². The summed E-state index contributed by atoms with van der Waals surface area (Å²) in [6.07, 6.45) is 20.3. The molecule has 16 nitrogen and oxygen atoms in total. The van der Waals surface area contributed by atoms with Crippen molar-refractivity contribution < 1.29 is 19.4 Å². The Kier molecular flexibility index (Phi) is 12.5. The van der Waals surface area contributed by atoms with E-state index in [-0.39, 0.29) is 22.7 Å². The van der Waals surface area contributed by atoms with Crippen LogP contribution in [0, 0.1) is 30.6 Å². The van der Waals surface area contributed by atoms with Crippen LogP contribution in [-0.4, -0.2) is 89.1 Å². The zero-order chi connectivity index (χ0) is 48.5. The average molecular weight is 963 g/mol. The van der Waals surface area contributed by atoms with E-state index < -0.39 is 0 Å². The second kappa shape index (κ2) is 19.7. The Morgan fingerprint density at radius 1 is 0.486 bits per heavy atom. The Labute approximate surface area is 419 Å². The molecule has 0 amide bonds. The van der Waals surface area contributed by atoms with Crippen molar-refractivity contribution in [2.24, 2.45) is 37.4 Å².